The van der Waals surface area contributed by atoms with Crippen molar-refractivity contribution < 1.29 is 18.3 Å². The first kappa shape index (κ1) is 16.7. The SMILES string of the molecule is COc1cc2nc(NC(=O)Cn3cnc4c3ncc(=O)n4C)oc2cc1F. The smallest absolute Gasteiger partial charge is 0.302 e. The van der Waals surface area contributed by atoms with Gasteiger partial charge in [0, 0.05) is 19.2 Å². The average molecular weight is 372 g/mol. The van der Waals surface area contributed by atoms with Crippen LogP contribution in [0.2, 0.25) is 0 Å². The van der Waals surface area contributed by atoms with Crippen LogP contribution in [0.15, 0.2) is 33.9 Å². The molecular formula is C16H13FN6O4. The van der Waals surface area contributed by atoms with Gasteiger partial charge in [0.05, 0.1) is 19.6 Å². The van der Waals surface area contributed by atoms with E-state index in [4.69, 9.17) is 9.15 Å². The van der Waals surface area contributed by atoms with E-state index in [-0.39, 0.29) is 29.5 Å². The molecule has 1 amide bonds. The Morgan fingerprint density at radius 2 is 2.15 bits per heavy atom. The fourth-order valence-electron chi connectivity index (χ4n) is 2.61. The van der Waals surface area contributed by atoms with Crippen LogP contribution >= 0.6 is 0 Å². The zero-order chi connectivity index (χ0) is 19.1. The molecule has 10 nitrogen and oxygen atoms in total. The number of benzene rings is 1. The minimum Gasteiger partial charge on any atom is -0.494 e. The highest BCUT2D eigenvalue weighted by molar-refractivity contribution is 5.90. The predicted molar refractivity (Wildman–Crippen MR) is 91.9 cm³/mol. The van der Waals surface area contributed by atoms with Gasteiger partial charge in [-0.2, -0.15) is 4.98 Å². The third kappa shape index (κ3) is 2.88. The highest BCUT2D eigenvalue weighted by Crippen LogP contribution is 2.26. The van der Waals surface area contributed by atoms with Gasteiger partial charge in [0.2, 0.25) is 5.91 Å². The van der Waals surface area contributed by atoms with Gasteiger partial charge in [-0.05, 0) is 0 Å². The van der Waals surface area contributed by atoms with Crippen LogP contribution in [0.3, 0.4) is 0 Å². The number of anilines is 1. The van der Waals surface area contributed by atoms with E-state index in [1.165, 1.54) is 28.6 Å². The summed E-state index contributed by atoms with van der Waals surface area (Å²) < 4.78 is 26.7. The van der Waals surface area contributed by atoms with Crippen LogP contribution in [0, 0.1) is 5.82 Å². The molecule has 27 heavy (non-hydrogen) atoms. The summed E-state index contributed by atoms with van der Waals surface area (Å²) >= 11 is 0. The Morgan fingerprint density at radius 1 is 1.33 bits per heavy atom. The molecule has 0 saturated carbocycles. The van der Waals surface area contributed by atoms with Crippen molar-refractivity contribution in [2.75, 3.05) is 12.4 Å². The van der Waals surface area contributed by atoms with Crippen molar-refractivity contribution in [3.63, 3.8) is 0 Å². The van der Waals surface area contributed by atoms with E-state index in [0.717, 1.165) is 12.3 Å². The molecule has 3 heterocycles. The topological polar surface area (TPSA) is 117 Å². The van der Waals surface area contributed by atoms with Crippen LogP contribution in [-0.4, -0.2) is 37.1 Å². The molecule has 0 spiro atoms. The Morgan fingerprint density at radius 3 is 2.93 bits per heavy atom. The van der Waals surface area contributed by atoms with Crippen LogP contribution in [0.1, 0.15) is 0 Å². The Labute approximate surface area is 150 Å². The third-order valence-electron chi connectivity index (χ3n) is 3.96. The lowest BCUT2D eigenvalue weighted by molar-refractivity contribution is -0.116. The summed E-state index contributed by atoms with van der Waals surface area (Å²) in [4.78, 5) is 36.1. The number of nitrogens with one attached hydrogen (secondary N) is 1. The van der Waals surface area contributed by atoms with Gasteiger partial charge in [-0.1, -0.05) is 0 Å². The van der Waals surface area contributed by atoms with Gasteiger partial charge in [0.15, 0.2) is 28.4 Å². The Hall–Kier alpha value is -3.76. The molecule has 0 atom stereocenters. The van der Waals surface area contributed by atoms with Crippen LogP contribution in [0.25, 0.3) is 22.4 Å². The van der Waals surface area contributed by atoms with Gasteiger partial charge in [-0.25, -0.2) is 14.4 Å². The van der Waals surface area contributed by atoms with Gasteiger partial charge in [0.1, 0.15) is 12.1 Å². The number of oxazole rings is 1. The second-order valence-electron chi connectivity index (χ2n) is 5.70. The summed E-state index contributed by atoms with van der Waals surface area (Å²) in [5.74, 6) is -1.03. The number of carbonyl (C=O) groups excluding carboxylic acids is 1. The van der Waals surface area contributed by atoms with Crippen molar-refractivity contribution in [3.05, 3.63) is 40.8 Å². The van der Waals surface area contributed by atoms with Gasteiger partial charge >= 0.3 is 6.01 Å². The number of methoxy groups -OCH3 is 1. The lowest BCUT2D eigenvalue weighted by Gasteiger charge is -2.03. The number of fused-ring (bicyclic) bond motifs is 2. The van der Waals surface area contributed by atoms with E-state index in [2.05, 4.69) is 20.3 Å². The summed E-state index contributed by atoms with van der Waals surface area (Å²) in [6, 6.07) is 2.43. The average Bonchev–Trinajstić information content (AvgIpc) is 3.20. The molecule has 1 aromatic carbocycles. The van der Waals surface area contributed by atoms with Crippen molar-refractivity contribution in [2.45, 2.75) is 6.54 Å². The summed E-state index contributed by atoms with van der Waals surface area (Å²) in [6.07, 6.45) is 2.56. The van der Waals surface area contributed by atoms with Crippen molar-refractivity contribution in [1.82, 2.24) is 24.1 Å². The number of halogens is 1. The summed E-state index contributed by atoms with van der Waals surface area (Å²) in [6.45, 7) is -0.127. The van der Waals surface area contributed by atoms with Crippen LogP contribution in [0.4, 0.5) is 10.4 Å². The maximum Gasteiger partial charge on any atom is 0.302 e. The van der Waals surface area contributed by atoms with Gasteiger partial charge in [-0.15, -0.1) is 0 Å². The number of ether oxygens (including phenoxy) is 1. The highest BCUT2D eigenvalue weighted by Gasteiger charge is 2.15. The van der Waals surface area contributed by atoms with Crippen molar-refractivity contribution >= 4 is 34.3 Å². The number of hydrogen-bond donors (Lipinski definition) is 1. The number of hydrogen-bond acceptors (Lipinski definition) is 7. The van der Waals surface area contributed by atoms with E-state index in [9.17, 15) is 14.0 Å². The van der Waals surface area contributed by atoms with Crippen LogP contribution < -0.4 is 15.6 Å². The number of carbonyl (C=O) groups is 1. The lowest BCUT2D eigenvalue weighted by Crippen LogP contribution is -2.20. The van der Waals surface area contributed by atoms with E-state index in [1.54, 1.807) is 7.05 Å². The minimum absolute atomic E-state index is 0.0234. The maximum atomic E-state index is 13.7. The number of imidazole rings is 1. The first-order valence-electron chi connectivity index (χ1n) is 7.77. The fraction of sp³-hybridized carbons (Fsp3) is 0.188. The molecule has 0 fully saturated rings. The largest absolute Gasteiger partial charge is 0.494 e. The standard InChI is InChI=1S/C16H13FN6O4/c1-22-13(25)5-18-15-14(22)19-7-23(15)6-12(24)21-16-20-9-4-10(26-2)8(17)3-11(9)27-16/h3-5,7H,6H2,1-2H3,(H,20,21,24). The zero-order valence-electron chi connectivity index (χ0n) is 14.3. The number of aromatic nitrogens is 5. The molecule has 11 heteroatoms. The van der Waals surface area contributed by atoms with Crippen LogP contribution in [0.5, 0.6) is 5.75 Å². The summed E-state index contributed by atoms with van der Waals surface area (Å²) in [7, 11) is 2.90. The minimum atomic E-state index is -0.597. The highest BCUT2D eigenvalue weighted by atomic mass is 19.1. The Kier molecular flexibility index (Phi) is 3.83. The second-order valence-corrected chi connectivity index (χ2v) is 5.70. The monoisotopic (exact) mass is 372 g/mol. The van der Waals surface area contributed by atoms with Gasteiger partial charge in [0.25, 0.3) is 5.56 Å². The molecule has 1 N–H and O–H groups in total. The molecule has 0 aliphatic heterocycles. The van der Waals surface area contributed by atoms with E-state index in [1.807, 2.05) is 0 Å². The molecule has 0 saturated heterocycles. The van der Waals surface area contributed by atoms with E-state index in [0.29, 0.717) is 16.8 Å². The molecule has 4 aromatic rings. The Balaban J connectivity index is 1.57. The van der Waals surface area contributed by atoms with Crippen molar-refractivity contribution in [3.8, 4) is 5.75 Å². The fourth-order valence-corrected chi connectivity index (χ4v) is 2.61. The quantitative estimate of drug-likeness (QED) is 0.569. The number of rotatable bonds is 4. The number of aryl methyl sites for hydroxylation is 1. The second kappa shape index (κ2) is 6.20. The molecule has 3 aromatic heterocycles. The lowest BCUT2D eigenvalue weighted by atomic mass is 10.3. The first-order chi connectivity index (χ1) is 13.0. The molecular weight excluding hydrogens is 359 g/mol. The normalized spacial score (nSPS) is 11.2. The predicted octanol–water partition coefficient (Wildman–Crippen LogP) is 1.06. The molecule has 0 bridgehead atoms. The summed E-state index contributed by atoms with van der Waals surface area (Å²) in [5, 5.41) is 2.49. The maximum absolute atomic E-state index is 13.7. The summed E-state index contributed by atoms with van der Waals surface area (Å²) in [5.41, 5.74) is 0.962. The van der Waals surface area contributed by atoms with E-state index < -0.39 is 11.7 Å². The number of amides is 1. The van der Waals surface area contributed by atoms with Crippen LogP contribution in [-0.2, 0) is 18.4 Å². The Bertz CT molecular complexity index is 1240. The first-order valence-corrected chi connectivity index (χ1v) is 7.77. The number of nitrogens with zero attached hydrogens (tertiary/aromatic N) is 5. The molecule has 0 aliphatic rings. The molecule has 138 valence electrons. The molecule has 4 rings (SSSR count). The van der Waals surface area contributed by atoms with E-state index >= 15 is 0 Å². The molecule has 0 aliphatic carbocycles. The zero-order valence-corrected chi connectivity index (χ0v) is 14.3. The third-order valence-corrected chi connectivity index (χ3v) is 3.96. The molecule has 0 unspecified atom stereocenters. The van der Waals surface area contributed by atoms with Gasteiger partial charge in [-0.3, -0.25) is 19.5 Å². The van der Waals surface area contributed by atoms with Gasteiger partial charge < -0.3 is 13.7 Å². The van der Waals surface area contributed by atoms with Crippen molar-refractivity contribution in [2.24, 2.45) is 7.05 Å². The van der Waals surface area contributed by atoms with Crippen molar-refractivity contribution in [1.29, 1.82) is 0 Å². The molecule has 0 radical (unpaired) electrons.